The van der Waals surface area contributed by atoms with Crippen LogP contribution in [0.5, 0.6) is 11.5 Å². The van der Waals surface area contributed by atoms with Gasteiger partial charge in [-0.3, -0.25) is 4.79 Å². The number of carbonyl (C=O) groups is 1. The van der Waals surface area contributed by atoms with Gasteiger partial charge in [-0.25, -0.2) is 0 Å². The number of hydrogen-bond acceptors (Lipinski definition) is 3. The van der Waals surface area contributed by atoms with Crippen LogP contribution in [0.2, 0.25) is 0 Å². The van der Waals surface area contributed by atoms with Crippen molar-refractivity contribution in [2.45, 2.75) is 13.5 Å². The average Bonchev–Trinajstić information content (AvgIpc) is 2.84. The van der Waals surface area contributed by atoms with Crippen LogP contribution >= 0.6 is 0 Å². The second-order valence-corrected chi connectivity index (χ2v) is 5.51. The van der Waals surface area contributed by atoms with E-state index in [2.05, 4.69) is 4.98 Å². The molecule has 1 N–H and O–H groups in total. The molecule has 0 amide bonds. The summed E-state index contributed by atoms with van der Waals surface area (Å²) in [5.74, 6) is 1.37. The highest BCUT2D eigenvalue weighted by Gasteiger charge is 2.26. The van der Waals surface area contributed by atoms with Crippen LogP contribution in [0.25, 0.3) is 10.9 Å². The van der Waals surface area contributed by atoms with Crippen LogP contribution in [0.3, 0.4) is 0 Å². The largest absolute Gasteiger partial charge is 0.497 e. The summed E-state index contributed by atoms with van der Waals surface area (Å²) in [6.07, 6.45) is 0. The number of ether oxygens (including phenoxy) is 2. The number of fused-ring (bicyclic) bond motifs is 4. The molecule has 4 nitrogen and oxygen atoms in total. The normalized spacial score (nSPS) is 13.3. The van der Waals surface area contributed by atoms with E-state index >= 15 is 0 Å². The molecule has 2 heterocycles. The topological polar surface area (TPSA) is 51.3 Å². The maximum Gasteiger partial charge on any atom is 0.213 e. The molecular formula is C18H15NO3. The first-order valence-corrected chi connectivity index (χ1v) is 7.14. The summed E-state index contributed by atoms with van der Waals surface area (Å²) in [7, 11) is 1.63. The van der Waals surface area contributed by atoms with Crippen molar-refractivity contribution in [2.24, 2.45) is 0 Å². The van der Waals surface area contributed by atoms with E-state index < -0.39 is 0 Å². The number of ketones is 1. The Bertz CT molecular complexity index is 908. The highest BCUT2D eigenvalue weighted by molar-refractivity contribution is 6.13. The number of aryl methyl sites for hydroxylation is 1. The van der Waals surface area contributed by atoms with Crippen molar-refractivity contribution < 1.29 is 14.3 Å². The van der Waals surface area contributed by atoms with Gasteiger partial charge >= 0.3 is 0 Å². The molecular weight excluding hydrogens is 278 g/mol. The molecule has 0 spiro atoms. The highest BCUT2D eigenvalue weighted by Crippen LogP contribution is 2.34. The number of carbonyl (C=O) groups excluding carboxylic acids is 1. The molecule has 3 aromatic rings. The van der Waals surface area contributed by atoms with E-state index in [4.69, 9.17) is 9.47 Å². The number of benzene rings is 2. The summed E-state index contributed by atoms with van der Waals surface area (Å²) in [5, 5.41) is 0.965. The molecule has 4 rings (SSSR count). The number of H-pyrrole nitrogens is 1. The lowest BCUT2D eigenvalue weighted by atomic mass is 10.0. The van der Waals surface area contributed by atoms with Crippen LogP contribution in [-0.4, -0.2) is 17.9 Å². The van der Waals surface area contributed by atoms with Crippen LogP contribution in [0.1, 0.15) is 27.2 Å². The zero-order valence-corrected chi connectivity index (χ0v) is 12.4. The molecule has 0 radical (unpaired) electrons. The summed E-state index contributed by atoms with van der Waals surface area (Å²) >= 11 is 0. The number of methoxy groups -OCH3 is 1. The van der Waals surface area contributed by atoms with Crippen LogP contribution in [0.15, 0.2) is 36.4 Å². The third-order valence-electron chi connectivity index (χ3n) is 4.09. The summed E-state index contributed by atoms with van der Waals surface area (Å²) in [6, 6.07) is 11.4. The van der Waals surface area contributed by atoms with Crippen molar-refractivity contribution in [2.75, 3.05) is 7.11 Å². The summed E-state index contributed by atoms with van der Waals surface area (Å²) < 4.78 is 11.1. The fourth-order valence-corrected chi connectivity index (χ4v) is 2.93. The van der Waals surface area contributed by atoms with E-state index in [0.717, 1.165) is 27.8 Å². The summed E-state index contributed by atoms with van der Waals surface area (Å²) in [6.45, 7) is 2.33. The molecule has 1 aromatic heterocycles. The Hall–Kier alpha value is -2.75. The van der Waals surface area contributed by atoms with Crippen molar-refractivity contribution in [1.29, 1.82) is 0 Å². The minimum atomic E-state index is -0.0265. The minimum Gasteiger partial charge on any atom is -0.497 e. The van der Waals surface area contributed by atoms with Crippen molar-refractivity contribution in [3.63, 3.8) is 0 Å². The predicted octanol–water partition coefficient (Wildman–Crippen LogP) is 3.61. The molecule has 0 bridgehead atoms. The minimum absolute atomic E-state index is 0.0265. The van der Waals surface area contributed by atoms with E-state index in [1.807, 2.05) is 43.3 Å². The zero-order valence-electron chi connectivity index (χ0n) is 12.4. The Morgan fingerprint density at radius 2 is 2.05 bits per heavy atom. The lowest BCUT2D eigenvalue weighted by Gasteiger charge is -2.07. The van der Waals surface area contributed by atoms with Gasteiger partial charge in [0.25, 0.3) is 0 Å². The molecule has 22 heavy (non-hydrogen) atoms. The Balaban J connectivity index is 1.95. The molecule has 0 saturated heterocycles. The predicted molar refractivity (Wildman–Crippen MR) is 83.8 cm³/mol. The van der Waals surface area contributed by atoms with Crippen LogP contribution < -0.4 is 9.47 Å². The fourth-order valence-electron chi connectivity index (χ4n) is 2.93. The Morgan fingerprint density at radius 3 is 2.86 bits per heavy atom. The number of aromatic amines is 1. The third-order valence-corrected chi connectivity index (χ3v) is 4.09. The molecule has 0 saturated carbocycles. The van der Waals surface area contributed by atoms with E-state index in [9.17, 15) is 4.79 Å². The average molecular weight is 293 g/mol. The fraction of sp³-hybridized carbons (Fsp3) is 0.167. The van der Waals surface area contributed by atoms with E-state index in [-0.39, 0.29) is 5.78 Å². The van der Waals surface area contributed by atoms with Gasteiger partial charge in [-0.2, -0.15) is 0 Å². The molecule has 0 aliphatic carbocycles. The van der Waals surface area contributed by atoms with Crippen LogP contribution in [-0.2, 0) is 6.61 Å². The second kappa shape index (κ2) is 4.63. The SMILES string of the molecule is COc1ccc2[nH]c3c(c2c1)COc1ccc(C)cc1C3=O. The summed E-state index contributed by atoms with van der Waals surface area (Å²) in [5.41, 5.74) is 4.05. The quantitative estimate of drug-likeness (QED) is 0.745. The molecule has 1 aliphatic heterocycles. The summed E-state index contributed by atoms with van der Waals surface area (Å²) in [4.78, 5) is 16.1. The molecule has 0 fully saturated rings. The first-order chi connectivity index (χ1) is 10.7. The lowest BCUT2D eigenvalue weighted by molar-refractivity contribution is 0.103. The molecule has 4 heteroatoms. The second-order valence-electron chi connectivity index (χ2n) is 5.51. The van der Waals surface area contributed by atoms with Crippen molar-refractivity contribution in [1.82, 2.24) is 4.98 Å². The van der Waals surface area contributed by atoms with Gasteiger partial charge in [-0.1, -0.05) is 11.6 Å². The third kappa shape index (κ3) is 1.80. The smallest absolute Gasteiger partial charge is 0.213 e. The van der Waals surface area contributed by atoms with Gasteiger partial charge in [-0.05, 0) is 37.3 Å². The van der Waals surface area contributed by atoms with Gasteiger partial charge in [0.1, 0.15) is 18.1 Å². The number of rotatable bonds is 1. The van der Waals surface area contributed by atoms with Gasteiger partial charge < -0.3 is 14.5 Å². The van der Waals surface area contributed by atoms with Crippen molar-refractivity contribution in [3.05, 3.63) is 58.8 Å². The first-order valence-electron chi connectivity index (χ1n) is 7.14. The number of aromatic nitrogens is 1. The lowest BCUT2D eigenvalue weighted by Crippen LogP contribution is -2.02. The first kappa shape index (κ1) is 13.0. The zero-order chi connectivity index (χ0) is 15.3. The Kier molecular flexibility index (Phi) is 2.73. The number of hydrogen-bond donors (Lipinski definition) is 1. The van der Waals surface area contributed by atoms with Gasteiger partial charge in [-0.15, -0.1) is 0 Å². The Morgan fingerprint density at radius 1 is 1.18 bits per heavy atom. The number of nitrogens with one attached hydrogen (secondary N) is 1. The molecule has 0 atom stereocenters. The van der Waals surface area contributed by atoms with Gasteiger partial charge in [0.15, 0.2) is 0 Å². The molecule has 1 aliphatic rings. The van der Waals surface area contributed by atoms with Gasteiger partial charge in [0, 0.05) is 16.5 Å². The monoisotopic (exact) mass is 293 g/mol. The molecule has 2 aromatic carbocycles. The van der Waals surface area contributed by atoms with E-state index in [1.165, 1.54) is 0 Å². The van der Waals surface area contributed by atoms with Gasteiger partial charge in [0.05, 0.1) is 18.4 Å². The maximum atomic E-state index is 12.9. The maximum absolute atomic E-state index is 12.9. The van der Waals surface area contributed by atoms with E-state index in [1.54, 1.807) is 7.11 Å². The van der Waals surface area contributed by atoms with E-state index in [0.29, 0.717) is 23.6 Å². The van der Waals surface area contributed by atoms with Gasteiger partial charge in [0.2, 0.25) is 5.78 Å². The van der Waals surface area contributed by atoms with Crippen molar-refractivity contribution >= 4 is 16.7 Å². The van der Waals surface area contributed by atoms with Crippen LogP contribution in [0.4, 0.5) is 0 Å². The molecule has 110 valence electrons. The standard InChI is InChI=1S/C18H15NO3/c1-10-3-6-16-13(7-10)18(20)17-14(9-22-16)12-8-11(21-2)4-5-15(12)19-17/h3-8,19H,9H2,1-2H3. The van der Waals surface area contributed by atoms with Crippen LogP contribution in [0, 0.1) is 6.92 Å². The molecule has 0 unspecified atom stereocenters. The highest BCUT2D eigenvalue weighted by atomic mass is 16.5. The van der Waals surface area contributed by atoms with Crippen molar-refractivity contribution in [3.8, 4) is 11.5 Å². The Labute approximate surface area is 127 Å².